The van der Waals surface area contributed by atoms with Gasteiger partial charge in [-0.3, -0.25) is 4.79 Å². The molecule has 19 heavy (non-hydrogen) atoms. The molecule has 4 nitrogen and oxygen atoms in total. The lowest BCUT2D eigenvalue weighted by Crippen LogP contribution is -2.20. The Kier molecular flexibility index (Phi) is 6.56. The zero-order chi connectivity index (χ0) is 14.3. The number of thioether (sulfide) groups is 1. The molecule has 0 aliphatic carbocycles. The Labute approximate surface area is 119 Å². The molecule has 0 fully saturated rings. The average Bonchev–Trinajstić information content (AvgIpc) is 2.40. The SMILES string of the molecule is CCSCCC(C)Nc1cc(C(=O)NC)ccc1N. The van der Waals surface area contributed by atoms with Gasteiger partial charge in [0.1, 0.15) is 0 Å². The monoisotopic (exact) mass is 281 g/mol. The van der Waals surface area contributed by atoms with Crippen LogP contribution in [-0.4, -0.2) is 30.5 Å². The molecule has 4 N–H and O–H groups in total. The smallest absolute Gasteiger partial charge is 0.251 e. The fourth-order valence-electron chi connectivity index (χ4n) is 1.71. The number of nitrogens with one attached hydrogen (secondary N) is 2. The lowest BCUT2D eigenvalue weighted by atomic mass is 10.1. The summed E-state index contributed by atoms with van der Waals surface area (Å²) in [5.74, 6) is 2.16. The molecule has 0 saturated carbocycles. The van der Waals surface area contributed by atoms with Crippen molar-refractivity contribution in [1.82, 2.24) is 5.32 Å². The number of nitrogen functional groups attached to an aromatic ring is 1. The molecule has 106 valence electrons. The first kappa shape index (κ1) is 15.7. The van der Waals surface area contributed by atoms with Crippen LogP contribution in [0.5, 0.6) is 0 Å². The van der Waals surface area contributed by atoms with E-state index in [1.807, 2.05) is 11.8 Å². The summed E-state index contributed by atoms with van der Waals surface area (Å²) < 4.78 is 0. The molecule has 1 aromatic carbocycles. The predicted octanol–water partition coefficient (Wildman–Crippen LogP) is 2.57. The molecule has 0 radical (unpaired) electrons. The Balaban J connectivity index is 2.68. The summed E-state index contributed by atoms with van der Waals surface area (Å²) in [6, 6.07) is 5.64. The van der Waals surface area contributed by atoms with Crippen LogP contribution in [-0.2, 0) is 0 Å². The second kappa shape index (κ2) is 7.94. The second-order valence-electron chi connectivity index (χ2n) is 4.41. The van der Waals surface area contributed by atoms with Crippen molar-refractivity contribution < 1.29 is 4.79 Å². The summed E-state index contributed by atoms with van der Waals surface area (Å²) in [5, 5.41) is 5.98. The van der Waals surface area contributed by atoms with Crippen molar-refractivity contribution in [2.45, 2.75) is 26.3 Å². The maximum Gasteiger partial charge on any atom is 0.251 e. The van der Waals surface area contributed by atoms with Crippen LogP contribution in [0.15, 0.2) is 18.2 Å². The lowest BCUT2D eigenvalue weighted by Gasteiger charge is -2.17. The van der Waals surface area contributed by atoms with Crippen molar-refractivity contribution >= 4 is 29.0 Å². The molecule has 1 atom stereocenters. The Hall–Kier alpha value is -1.36. The Morgan fingerprint density at radius 2 is 2.21 bits per heavy atom. The molecular weight excluding hydrogens is 258 g/mol. The van der Waals surface area contributed by atoms with E-state index in [2.05, 4.69) is 24.5 Å². The second-order valence-corrected chi connectivity index (χ2v) is 5.81. The molecule has 0 saturated heterocycles. The van der Waals surface area contributed by atoms with Gasteiger partial charge in [-0.2, -0.15) is 11.8 Å². The number of anilines is 2. The standard InChI is InChI=1S/C14H23N3OS/c1-4-19-8-7-10(2)17-13-9-11(14(18)16-3)5-6-12(13)15/h5-6,9-10,17H,4,7-8,15H2,1-3H3,(H,16,18). The predicted molar refractivity (Wildman–Crippen MR) is 84.9 cm³/mol. The van der Waals surface area contributed by atoms with E-state index in [0.717, 1.165) is 23.6 Å². The Morgan fingerprint density at radius 3 is 2.84 bits per heavy atom. The summed E-state index contributed by atoms with van der Waals surface area (Å²) >= 11 is 1.93. The van der Waals surface area contributed by atoms with Gasteiger partial charge in [0, 0.05) is 18.7 Å². The van der Waals surface area contributed by atoms with Gasteiger partial charge >= 0.3 is 0 Å². The molecule has 5 heteroatoms. The van der Waals surface area contributed by atoms with Crippen LogP contribution in [0.4, 0.5) is 11.4 Å². The first-order chi connectivity index (χ1) is 9.08. The van der Waals surface area contributed by atoms with Gasteiger partial charge in [-0.15, -0.1) is 0 Å². The van der Waals surface area contributed by atoms with E-state index in [1.165, 1.54) is 0 Å². The van der Waals surface area contributed by atoms with Crippen LogP contribution in [0.2, 0.25) is 0 Å². The quantitative estimate of drug-likeness (QED) is 0.531. The number of rotatable bonds is 7. The van der Waals surface area contributed by atoms with Crippen LogP contribution in [0.1, 0.15) is 30.6 Å². The molecule has 0 spiro atoms. The Bertz CT molecular complexity index is 423. The highest BCUT2D eigenvalue weighted by Crippen LogP contribution is 2.21. The molecule has 1 aromatic rings. The van der Waals surface area contributed by atoms with E-state index >= 15 is 0 Å². The number of carbonyl (C=O) groups excluding carboxylic acids is 1. The third kappa shape index (κ3) is 5.03. The van der Waals surface area contributed by atoms with Crippen molar-refractivity contribution in [1.29, 1.82) is 0 Å². The van der Waals surface area contributed by atoms with Gasteiger partial charge in [0.15, 0.2) is 0 Å². The van der Waals surface area contributed by atoms with Gasteiger partial charge in [-0.25, -0.2) is 0 Å². The van der Waals surface area contributed by atoms with Crippen molar-refractivity contribution in [3.05, 3.63) is 23.8 Å². The minimum Gasteiger partial charge on any atom is -0.397 e. The van der Waals surface area contributed by atoms with E-state index in [1.54, 1.807) is 25.2 Å². The zero-order valence-corrected chi connectivity index (χ0v) is 12.6. The molecular formula is C14H23N3OS. The number of amides is 1. The summed E-state index contributed by atoms with van der Waals surface area (Å²) in [5.41, 5.74) is 8.05. The molecule has 0 heterocycles. The number of hydrogen-bond acceptors (Lipinski definition) is 4. The molecule has 0 aliphatic rings. The summed E-state index contributed by atoms with van der Waals surface area (Å²) in [4.78, 5) is 11.6. The first-order valence-electron chi connectivity index (χ1n) is 6.54. The van der Waals surface area contributed by atoms with E-state index in [9.17, 15) is 4.79 Å². The van der Waals surface area contributed by atoms with Crippen LogP contribution in [0.25, 0.3) is 0 Å². The van der Waals surface area contributed by atoms with Crippen molar-refractivity contribution in [2.75, 3.05) is 29.6 Å². The maximum absolute atomic E-state index is 11.6. The van der Waals surface area contributed by atoms with Crippen LogP contribution < -0.4 is 16.4 Å². The van der Waals surface area contributed by atoms with Crippen molar-refractivity contribution in [2.24, 2.45) is 0 Å². The van der Waals surface area contributed by atoms with Gasteiger partial charge in [0.25, 0.3) is 5.91 Å². The number of carbonyl (C=O) groups is 1. The molecule has 0 aromatic heterocycles. The van der Waals surface area contributed by atoms with Gasteiger partial charge in [0.05, 0.1) is 11.4 Å². The summed E-state index contributed by atoms with van der Waals surface area (Å²) in [7, 11) is 1.62. The highest BCUT2D eigenvalue weighted by Gasteiger charge is 2.09. The van der Waals surface area contributed by atoms with Gasteiger partial charge in [-0.05, 0) is 43.0 Å². The summed E-state index contributed by atoms with van der Waals surface area (Å²) in [6.45, 7) is 4.29. The largest absolute Gasteiger partial charge is 0.397 e. The molecule has 1 amide bonds. The van der Waals surface area contributed by atoms with Crippen molar-refractivity contribution in [3.8, 4) is 0 Å². The van der Waals surface area contributed by atoms with Crippen LogP contribution in [0.3, 0.4) is 0 Å². The average molecular weight is 281 g/mol. The molecule has 0 aliphatic heterocycles. The summed E-state index contributed by atoms with van der Waals surface area (Å²) in [6.07, 6.45) is 1.07. The van der Waals surface area contributed by atoms with Crippen LogP contribution >= 0.6 is 11.8 Å². The topological polar surface area (TPSA) is 67.2 Å². The van der Waals surface area contributed by atoms with E-state index in [0.29, 0.717) is 17.3 Å². The van der Waals surface area contributed by atoms with E-state index < -0.39 is 0 Å². The molecule has 1 unspecified atom stereocenters. The Morgan fingerprint density at radius 1 is 1.47 bits per heavy atom. The lowest BCUT2D eigenvalue weighted by molar-refractivity contribution is 0.0963. The third-order valence-electron chi connectivity index (χ3n) is 2.84. The minimum atomic E-state index is -0.0998. The van der Waals surface area contributed by atoms with E-state index in [-0.39, 0.29) is 5.91 Å². The van der Waals surface area contributed by atoms with E-state index in [4.69, 9.17) is 5.73 Å². The number of benzene rings is 1. The third-order valence-corrected chi connectivity index (χ3v) is 3.78. The van der Waals surface area contributed by atoms with Gasteiger partial charge < -0.3 is 16.4 Å². The maximum atomic E-state index is 11.6. The van der Waals surface area contributed by atoms with Gasteiger partial charge in [-0.1, -0.05) is 6.92 Å². The highest BCUT2D eigenvalue weighted by atomic mass is 32.2. The number of hydrogen-bond donors (Lipinski definition) is 3. The normalized spacial score (nSPS) is 11.9. The zero-order valence-electron chi connectivity index (χ0n) is 11.8. The fraction of sp³-hybridized carbons (Fsp3) is 0.500. The molecule has 1 rings (SSSR count). The first-order valence-corrected chi connectivity index (χ1v) is 7.69. The van der Waals surface area contributed by atoms with Crippen LogP contribution in [0, 0.1) is 0 Å². The fourth-order valence-corrected chi connectivity index (χ4v) is 2.52. The number of nitrogens with two attached hydrogens (primary N) is 1. The van der Waals surface area contributed by atoms with Crippen molar-refractivity contribution in [3.63, 3.8) is 0 Å². The highest BCUT2D eigenvalue weighted by molar-refractivity contribution is 7.99. The minimum absolute atomic E-state index is 0.0998. The molecule has 0 bridgehead atoms. The van der Waals surface area contributed by atoms with Gasteiger partial charge in [0.2, 0.25) is 0 Å².